The van der Waals surface area contributed by atoms with Crippen molar-refractivity contribution in [2.45, 2.75) is 57.5 Å². The lowest BCUT2D eigenvalue weighted by molar-refractivity contribution is -0.147. The molecule has 0 radical (unpaired) electrons. The number of aryl methyl sites for hydroxylation is 3. The Balaban J connectivity index is 1.29. The number of aliphatic hydroxyl groups is 3. The number of hydrogen-bond acceptors (Lipinski definition) is 7. The molecule has 0 bridgehead atoms. The van der Waals surface area contributed by atoms with Crippen LogP contribution in [-0.2, 0) is 40.1 Å². The van der Waals surface area contributed by atoms with Crippen LogP contribution in [0.4, 0.5) is 0 Å². The predicted molar refractivity (Wildman–Crippen MR) is 165 cm³/mol. The Hall–Kier alpha value is -4.69. The maximum atomic E-state index is 13.7. The van der Waals surface area contributed by atoms with E-state index >= 15 is 0 Å². The highest BCUT2D eigenvalue weighted by molar-refractivity contribution is 6.22. The van der Waals surface area contributed by atoms with Gasteiger partial charge < -0.3 is 26.2 Å². The first kappa shape index (κ1) is 29.4. The number of phenolic OH excluding ortho intramolecular Hbond substituents is 1. The highest BCUT2D eigenvalue weighted by atomic mass is 16.3. The van der Waals surface area contributed by atoms with Gasteiger partial charge in [0.15, 0.2) is 11.4 Å². The second kappa shape index (κ2) is 11.1. The van der Waals surface area contributed by atoms with Crippen molar-refractivity contribution >= 4 is 23.2 Å². The molecule has 3 atom stereocenters. The number of hydrogen-bond donors (Lipinski definition) is 5. The lowest BCUT2D eigenvalue weighted by Gasteiger charge is -2.46. The molecule has 0 saturated heterocycles. The molecule has 8 nitrogen and oxygen atoms in total. The average Bonchev–Trinajstić information content (AvgIpc) is 3.00. The van der Waals surface area contributed by atoms with E-state index < -0.39 is 52.0 Å². The van der Waals surface area contributed by atoms with Crippen molar-refractivity contribution < 1.29 is 34.8 Å². The molecule has 1 saturated carbocycles. The fraction of sp³-hybridized carbons (Fsp3) is 0.306. The minimum Gasteiger partial charge on any atom is -0.508 e. The maximum absolute atomic E-state index is 13.7. The fourth-order valence-electron chi connectivity index (χ4n) is 7.18. The molecule has 1 fully saturated rings. The van der Waals surface area contributed by atoms with E-state index in [1.807, 2.05) is 12.1 Å². The maximum Gasteiger partial charge on any atom is 0.255 e. The van der Waals surface area contributed by atoms with Crippen LogP contribution in [0.25, 0.3) is 16.9 Å². The molecule has 3 aliphatic carbocycles. The van der Waals surface area contributed by atoms with Crippen molar-refractivity contribution in [2.24, 2.45) is 17.6 Å². The van der Waals surface area contributed by atoms with Gasteiger partial charge in [0.1, 0.15) is 22.8 Å². The SMILES string of the molecule is CCc1ccc(CCCc2ccc(-c3ccc(O)c4c3C[C@H]3C[C@H]5CC(=O)C(C(N)=O)=C(O)[C@@]5(O)C(=O)C3=C4O)cc2)cc1. The van der Waals surface area contributed by atoms with Crippen molar-refractivity contribution in [2.75, 3.05) is 0 Å². The number of amides is 1. The molecule has 0 unspecified atom stereocenters. The van der Waals surface area contributed by atoms with Crippen LogP contribution in [0, 0.1) is 11.8 Å². The summed E-state index contributed by atoms with van der Waals surface area (Å²) >= 11 is 0. The third-order valence-electron chi connectivity index (χ3n) is 9.57. The van der Waals surface area contributed by atoms with Gasteiger partial charge in [-0.2, -0.15) is 0 Å². The number of carbonyl (C=O) groups is 3. The number of fused-ring (bicyclic) bond motifs is 3. The molecule has 3 aromatic rings. The Morgan fingerprint density at radius 3 is 2.11 bits per heavy atom. The molecule has 0 spiro atoms. The van der Waals surface area contributed by atoms with E-state index in [9.17, 15) is 34.8 Å². The third kappa shape index (κ3) is 4.70. The molecule has 3 aromatic carbocycles. The van der Waals surface area contributed by atoms with Crippen LogP contribution in [0.2, 0.25) is 0 Å². The van der Waals surface area contributed by atoms with Gasteiger partial charge in [0.05, 0.1) is 5.56 Å². The quantitative estimate of drug-likeness (QED) is 0.246. The summed E-state index contributed by atoms with van der Waals surface area (Å²) in [7, 11) is 0. The van der Waals surface area contributed by atoms with Gasteiger partial charge in [-0.1, -0.05) is 61.5 Å². The van der Waals surface area contributed by atoms with Gasteiger partial charge in [0.2, 0.25) is 5.78 Å². The summed E-state index contributed by atoms with van der Waals surface area (Å²) in [5.41, 5.74) is 8.00. The van der Waals surface area contributed by atoms with E-state index in [2.05, 4.69) is 43.3 Å². The second-order valence-electron chi connectivity index (χ2n) is 12.1. The number of aliphatic hydroxyl groups excluding tert-OH is 2. The Kier molecular flexibility index (Phi) is 7.41. The van der Waals surface area contributed by atoms with Crippen LogP contribution in [-0.4, -0.2) is 43.5 Å². The van der Waals surface area contributed by atoms with E-state index in [0.29, 0.717) is 5.56 Å². The van der Waals surface area contributed by atoms with Crippen LogP contribution in [0.5, 0.6) is 5.75 Å². The zero-order chi connectivity index (χ0) is 31.3. The van der Waals surface area contributed by atoms with E-state index in [1.165, 1.54) is 22.8 Å². The van der Waals surface area contributed by atoms with E-state index in [4.69, 9.17) is 5.73 Å². The number of nitrogens with two attached hydrogens (primary N) is 1. The molecule has 226 valence electrons. The number of ketones is 2. The van der Waals surface area contributed by atoms with Crippen LogP contribution in [0.1, 0.15) is 54.0 Å². The smallest absolute Gasteiger partial charge is 0.255 e. The molecular weight excluding hydrogens is 558 g/mol. The molecule has 6 rings (SSSR count). The summed E-state index contributed by atoms with van der Waals surface area (Å²) in [5.74, 6) is -6.35. The molecule has 0 aromatic heterocycles. The Bertz CT molecular complexity index is 1750. The number of carbonyl (C=O) groups excluding carboxylic acids is 3. The lowest BCUT2D eigenvalue weighted by atomic mass is 9.59. The molecule has 8 heteroatoms. The summed E-state index contributed by atoms with van der Waals surface area (Å²) in [6.07, 6.45) is 3.96. The number of benzene rings is 3. The van der Waals surface area contributed by atoms with Gasteiger partial charge in [-0.15, -0.1) is 0 Å². The first-order valence-electron chi connectivity index (χ1n) is 15.0. The number of Topliss-reactive ketones (excluding diaryl/α,β-unsaturated/α-hetero) is 2. The Labute approximate surface area is 255 Å². The number of rotatable bonds is 7. The van der Waals surface area contributed by atoms with Crippen LogP contribution < -0.4 is 5.73 Å². The van der Waals surface area contributed by atoms with E-state index in [-0.39, 0.29) is 36.1 Å². The van der Waals surface area contributed by atoms with Crippen molar-refractivity contribution in [1.29, 1.82) is 0 Å². The molecular formula is C36H35NO7. The predicted octanol–water partition coefficient (Wildman–Crippen LogP) is 4.83. The van der Waals surface area contributed by atoms with Gasteiger partial charge in [-0.25, -0.2) is 0 Å². The molecule has 3 aliphatic rings. The molecule has 6 N–H and O–H groups in total. The molecule has 44 heavy (non-hydrogen) atoms. The first-order valence-corrected chi connectivity index (χ1v) is 15.0. The summed E-state index contributed by atoms with van der Waals surface area (Å²) < 4.78 is 0. The number of aromatic hydroxyl groups is 1. The van der Waals surface area contributed by atoms with Gasteiger partial charge in [0, 0.05) is 17.9 Å². The normalized spacial score (nSPS) is 22.9. The topological polar surface area (TPSA) is 158 Å². The molecule has 1 amide bonds. The zero-order valence-corrected chi connectivity index (χ0v) is 24.5. The molecule has 0 heterocycles. The van der Waals surface area contributed by atoms with Gasteiger partial charge >= 0.3 is 0 Å². The Morgan fingerprint density at radius 2 is 1.50 bits per heavy atom. The van der Waals surface area contributed by atoms with Gasteiger partial charge in [0.25, 0.3) is 5.91 Å². The highest BCUT2D eigenvalue weighted by Gasteiger charge is 2.60. The minimum absolute atomic E-state index is 0.0906. The molecule has 0 aliphatic heterocycles. The summed E-state index contributed by atoms with van der Waals surface area (Å²) in [4.78, 5) is 38.2. The van der Waals surface area contributed by atoms with Gasteiger partial charge in [-0.05, 0) is 83.9 Å². The van der Waals surface area contributed by atoms with E-state index in [1.54, 1.807) is 6.07 Å². The zero-order valence-electron chi connectivity index (χ0n) is 24.5. The third-order valence-corrected chi connectivity index (χ3v) is 9.57. The summed E-state index contributed by atoms with van der Waals surface area (Å²) in [6, 6.07) is 20.1. The van der Waals surface area contributed by atoms with Crippen molar-refractivity contribution in [3.8, 4) is 16.9 Å². The summed E-state index contributed by atoms with van der Waals surface area (Å²) in [5, 5.41) is 44.4. The van der Waals surface area contributed by atoms with Crippen LogP contribution in [0.15, 0.2) is 77.6 Å². The monoisotopic (exact) mass is 593 g/mol. The number of primary amides is 1. The van der Waals surface area contributed by atoms with Crippen LogP contribution in [0.3, 0.4) is 0 Å². The largest absolute Gasteiger partial charge is 0.508 e. The standard InChI is InChI=1S/C36H35NO7/c1-2-19-6-8-20(9-7-19)4-3-5-21-10-12-22(13-11-21)25-14-15-27(38)30-26(25)17-23-16-24-18-28(39)31(35(37)43)34(42)36(24,44)33(41)29(23)32(30)40/h6-15,23-24,38,40,42,44H,2-5,16-18H2,1H3,(H2,37,43)/t23-,24+,36+/m1/s1. The van der Waals surface area contributed by atoms with Crippen LogP contribution >= 0.6 is 0 Å². The fourth-order valence-corrected chi connectivity index (χ4v) is 7.18. The van der Waals surface area contributed by atoms with Gasteiger partial charge in [-0.3, -0.25) is 14.4 Å². The minimum atomic E-state index is -2.57. The van der Waals surface area contributed by atoms with E-state index in [0.717, 1.165) is 36.8 Å². The summed E-state index contributed by atoms with van der Waals surface area (Å²) in [6.45, 7) is 2.15. The Morgan fingerprint density at radius 1 is 0.886 bits per heavy atom. The van der Waals surface area contributed by atoms with Crippen molar-refractivity contribution in [1.82, 2.24) is 0 Å². The first-order chi connectivity index (χ1) is 21.0. The second-order valence-corrected chi connectivity index (χ2v) is 12.1. The highest BCUT2D eigenvalue weighted by Crippen LogP contribution is 2.53. The van der Waals surface area contributed by atoms with Crippen molar-refractivity contribution in [3.63, 3.8) is 0 Å². The average molecular weight is 594 g/mol. The lowest BCUT2D eigenvalue weighted by Crippen LogP contribution is -2.58. The number of phenols is 1. The van der Waals surface area contributed by atoms with Crippen molar-refractivity contribution in [3.05, 3.63) is 105 Å².